The Morgan fingerprint density at radius 1 is 1.05 bits per heavy atom. The van der Waals surface area contributed by atoms with Gasteiger partial charge in [0.1, 0.15) is 36.3 Å². The van der Waals surface area contributed by atoms with Crippen LogP contribution in [0.1, 0.15) is 39.8 Å². The van der Waals surface area contributed by atoms with Gasteiger partial charge in [-0.2, -0.15) is 4.31 Å². The summed E-state index contributed by atoms with van der Waals surface area (Å²) in [5.74, 6) is -1.17. The van der Waals surface area contributed by atoms with Crippen LogP contribution in [0.25, 0.3) is 11.2 Å². The normalized spacial score (nSPS) is 21.7. The Bertz CT molecular complexity index is 1980. The second kappa shape index (κ2) is 21.9. The molecule has 0 aliphatic carbocycles. The minimum Gasteiger partial charge on any atom is -0.386 e. The van der Waals surface area contributed by atoms with Crippen LogP contribution in [-0.2, 0) is 50.7 Å². The second-order valence-electron chi connectivity index (χ2n) is 12.8. The number of nitrogen functional groups attached to an aromatic ring is 1. The molecule has 58 heavy (non-hydrogen) atoms. The molecule has 1 aliphatic rings. The van der Waals surface area contributed by atoms with E-state index in [0.717, 1.165) is 35.4 Å². The third kappa shape index (κ3) is 15.8. The van der Waals surface area contributed by atoms with Crippen molar-refractivity contribution in [2.24, 2.45) is 5.41 Å². The molecule has 1 aliphatic heterocycles. The Hall–Kier alpha value is -3.22. The highest BCUT2D eigenvalue weighted by Gasteiger charge is 2.50. The number of aromatic nitrogens is 4. The second-order valence-corrected chi connectivity index (χ2v) is 18.2. The van der Waals surface area contributed by atoms with Gasteiger partial charge >= 0.3 is 23.5 Å². The summed E-state index contributed by atoms with van der Waals surface area (Å²) in [5.41, 5.74) is 4.25. The van der Waals surface area contributed by atoms with Gasteiger partial charge in [0.15, 0.2) is 17.7 Å². The summed E-state index contributed by atoms with van der Waals surface area (Å²) in [4.78, 5) is 87.5. The first kappa shape index (κ1) is 49.1. The van der Waals surface area contributed by atoms with Gasteiger partial charge in [-0.25, -0.2) is 28.6 Å². The molecule has 7 unspecified atom stereocenters. The third-order valence-electron chi connectivity index (χ3n) is 7.73. The number of nitrogens with two attached hydrogens (primary N) is 1. The van der Waals surface area contributed by atoms with Crippen molar-refractivity contribution in [2.45, 2.75) is 64.3 Å². The van der Waals surface area contributed by atoms with Crippen molar-refractivity contribution in [3.05, 3.63) is 49.1 Å². The van der Waals surface area contributed by atoms with Gasteiger partial charge in [-0.15, -0.1) is 0 Å². The molecule has 0 spiro atoms. The van der Waals surface area contributed by atoms with Gasteiger partial charge in [0.25, 0.3) is 0 Å². The van der Waals surface area contributed by atoms with Crippen molar-refractivity contribution in [1.82, 2.24) is 30.2 Å². The lowest BCUT2D eigenvalue weighted by atomic mass is 9.87. The van der Waals surface area contributed by atoms with E-state index < -0.39 is 84.6 Å². The van der Waals surface area contributed by atoms with Gasteiger partial charge in [-0.05, 0) is 19.4 Å². The number of carbonyl (C=O) groups is 3. The molecule has 0 aromatic carbocycles. The van der Waals surface area contributed by atoms with Crippen LogP contribution in [0, 0.1) is 5.41 Å². The molecule has 1 saturated heterocycles. The number of amides is 2. The number of carbonyl (C=O) groups excluding carboxylic acids is 3. The highest BCUT2D eigenvalue weighted by Crippen LogP contribution is 2.61. The Labute approximate surface area is 335 Å². The summed E-state index contributed by atoms with van der Waals surface area (Å²) < 4.78 is 62.1. The van der Waals surface area contributed by atoms with E-state index in [-0.39, 0.29) is 41.6 Å². The van der Waals surface area contributed by atoms with Crippen molar-refractivity contribution in [3.8, 4) is 0 Å². The average molecular weight is 902 g/mol. The van der Waals surface area contributed by atoms with E-state index in [1.807, 2.05) is 25.2 Å². The summed E-state index contributed by atoms with van der Waals surface area (Å²) in [6.45, 7) is 2.35. The number of nitrogens with zero attached hydrogens (tertiary/aromatic N) is 4. The summed E-state index contributed by atoms with van der Waals surface area (Å²) in [5, 5.41) is 26.2. The maximum absolute atomic E-state index is 12.7. The van der Waals surface area contributed by atoms with E-state index in [4.69, 9.17) is 19.5 Å². The molecule has 1 fully saturated rings. The lowest BCUT2D eigenvalue weighted by Gasteiger charge is -2.30. The lowest BCUT2D eigenvalue weighted by Crippen LogP contribution is -2.46. The predicted octanol–water partition coefficient (Wildman–Crippen LogP) is 0.743. The minimum atomic E-state index is -5.57. The smallest absolute Gasteiger partial charge is 0.386 e. The number of thioether (sulfide) groups is 1. The quantitative estimate of drug-likeness (QED) is 0.0244. The number of hydrogen-bond donors (Lipinski definition) is 9. The zero-order valence-corrected chi connectivity index (χ0v) is 34.7. The topological polar surface area (TPSA) is 364 Å². The van der Waals surface area contributed by atoms with Crippen LogP contribution >= 0.6 is 35.2 Å². The molecule has 0 saturated carbocycles. The van der Waals surface area contributed by atoms with Gasteiger partial charge in [-0.3, -0.25) is 32.5 Å². The fraction of sp³-hybridized carbons (Fsp3) is 0.533. The molecule has 2 amide bonds. The molecule has 10 N–H and O–H groups in total. The number of imidazole rings is 1. The molecular formula is C30H46N7O17P3S. The number of anilines is 1. The van der Waals surface area contributed by atoms with Gasteiger partial charge in [-0.1, -0.05) is 56.0 Å². The highest BCUT2D eigenvalue weighted by atomic mass is 32.2. The zero-order valence-electron chi connectivity index (χ0n) is 31.2. The maximum atomic E-state index is 12.7. The zero-order chi connectivity index (χ0) is 43.3. The number of hydrogen-bond acceptors (Lipinski definition) is 18. The number of aliphatic hydroxyl groups excluding tert-OH is 2. The molecular weight excluding hydrogens is 855 g/mol. The van der Waals surface area contributed by atoms with Crippen LogP contribution in [0.5, 0.6) is 0 Å². The Balaban J connectivity index is 1.46. The van der Waals surface area contributed by atoms with Crippen LogP contribution in [0.4, 0.5) is 5.82 Å². The van der Waals surface area contributed by atoms with E-state index in [1.54, 1.807) is 12.2 Å². The minimum absolute atomic E-state index is 0.0288. The Kier molecular flexibility index (Phi) is 18.5. The molecule has 3 heterocycles. The summed E-state index contributed by atoms with van der Waals surface area (Å²) in [7, 11) is -16.4. The fourth-order valence-corrected chi connectivity index (χ4v) is 8.24. The molecule has 3 rings (SSSR count). The molecule has 0 radical (unpaired) electrons. The molecule has 2 aromatic heterocycles. The molecule has 324 valence electrons. The van der Waals surface area contributed by atoms with Gasteiger partial charge in [0.05, 0.1) is 19.5 Å². The average Bonchev–Trinajstić information content (AvgIpc) is 3.69. The fourth-order valence-electron chi connectivity index (χ4n) is 4.84. The number of nitrogens with one attached hydrogen (secondary N) is 2. The third-order valence-corrected chi connectivity index (χ3v) is 11.7. The monoisotopic (exact) mass is 901 g/mol. The number of allylic oxidation sites excluding steroid dienone is 5. The van der Waals surface area contributed by atoms with Gasteiger partial charge in [0.2, 0.25) is 16.9 Å². The first-order valence-corrected chi connectivity index (χ1v) is 22.6. The molecule has 24 nitrogen and oxygen atoms in total. The number of fused-ring (bicyclic) bond motifs is 1. The standard InChI is InChI=1S/C30H46N7O17P3S/c1-4-5-6-7-8-9-10-21(39)58-14-13-32-20(38)11-12-33-28(42)25(41)30(2,3)16-51-57(48,49)54-56(46,47)50-15-19-24(53-55(43,44)45)23(40)29(52-19)37-18-36-22-26(31)34-17-35-27(22)37/h4-5,7-10,17-19,23-25,29,40-41H,6,11-16H2,1-3H3,(H,32,38)(H,33,42)(H,46,47)(H,48,49)(H2,31,34,35)(H2,43,44,45)/b5-4+,8-7+,10-9+. The Morgan fingerprint density at radius 3 is 2.45 bits per heavy atom. The van der Waals surface area contributed by atoms with Crippen molar-refractivity contribution in [2.75, 3.05) is 37.8 Å². The summed E-state index contributed by atoms with van der Waals surface area (Å²) >= 11 is 1.00. The van der Waals surface area contributed by atoms with Crippen LogP contribution in [0.15, 0.2) is 49.1 Å². The van der Waals surface area contributed by atoms with E-state index in [1.165, 1.54) is 19.9 Å². The SMILES string of the molecule is C/C=C/C/C=C/C=C/C(=O)SCCNC(=O)CCNC(=O)C(O)C(C)(C)COP(=O)(O)OP(=O)(O)OCC1OC(n2cnc3c(N)ncnc32)C(O)C1OP(=O)(O)O. The first-order valence-electron chi connectivity index (χ1n) is 17.1. The van der Waals surface area contributed by atoms with Crippen LogP contribution in [0.3, 0.4) is 0 Å². The number of aliphatic hydroxyl groups is 2. The number of rotatable bonds is 23. The van der Waals surface area contributed by atoms with Crippen molar-refractivity contribution in [3.63, 3.8) is 0 Å². The highest BCUT2D eigenvalue weighted by molar-refractivity contribution is 8.14. The number of phosphoric ester groups is 3. The van der Waals surface area contributed by atoms with Crippen molar-refractivity contribution < 1.29 is 80.5 Å². The van der Waals surface area contributed by atoms with Crippen molar-refractivity contribution in [1.29, 1.82) is 0 Å². The Morgan fingerprint density at radius 2 is 1.76 bits per heavy atom. The first-order chi connectivity index (χ1) is 27.1. The summed E-state index contributed by atoms with van der Waals surface area (Å²) in [6, 6.07) is 0. The van der Waals surface area contributed by atoms with Crippen LogP contribution < -0.4 is 16.4 Å². The van der Waals surface area contributed by atoms with Crippen molar-refractivity contribution >= 4 is 69.1 Å². The van der Waals surface area contributed by atoms with Crippen LogP contribution in [0.2, 0.25) is 0 Å². The number of ether oxygens (including phenoxy) is 1. The largest absolute Gasteiger partial charge is 0.481 e. The molecule has 0 bridgehead atoms. The molecule has 7 atom stereocenters. The van der Waals surface area contributed by atoms with Gasteiger partial charge < -0.3 is 50.9 Å². The molecule has 28 heteroatoms. The summed E-state index contributed by atoms with van der Waals surface area (Å²) in [6.07, 6.45) is 4.33. The van der Waals surface area contributed by atoms with E-state index >= 15 is 0 Å². The van der Waals surface area contributed by atoms with E-state index in [9.17, 15) is 57.9 Å². The lowest BCUT2D eigenvalue weighted by molar-refractivity contribution is -0.137. The van der Waals surface area contributed by atoms with Gasteiger partial charge in [0, 0.05) is 30.7 Å². The molecule has 2 aromatic rings. The maximum Gasteiger partial charge on any atom is 0.481 e. The van der Waals surface area contributed by atoms with E-state index in [0.29, 0.717) is 5.75 Å². The number of phosphoric acid groups is 3. The van der Waals surface area contributed by atoms with E-state index in [2.05, 4.69) is 34.4 Å². The van der Waals surface area contributed by atoms with Crippen LogP contribution in [-0.4, -0.2) is 123 Å². The predicted molar refractivity (Wildman–Crippen MR) is 205 cm³/mol.